The Morgan fingerprint density at radius 1 is 1.21 bits per heavy atom. The van der Waals surface area contributed by atoms with Gasteiger partial charge in [-0.2, -0.15) is 0 Å². The Morgan fingerprint density at radius 3 is 2.79 bits per heavy atom. The first kappa shape index (κ1) is 13.3. The molecule has 0 saturated carbocycles. The summed E-state index contributed by atoms with van der Waals surface area (Å²) in [4.78, 5) is 8.46. The number of aromatic nitrogens is 2. The zero-order chi connectivity index (χ0) is 13.7. The first-order valence-electron chi connectivity index (χ1n) is 6.01. The maximum absolute atomic E-state index is 5.72. The molecule has 1 N–H and O–H groups in total. The summed E-state index contributed by atoms with van der Waals surface area (Å²) in [5, 5.41) is 3.02. The number of hydrogen-bond acceptors (Lipinski definition) is 5. The third-order valence-electron chi connectivity index (χ3n) is 2.55. The minimum absolute atomic E-state index is 0.454. The monoisotopic (exact) mass is 259 g/mol. The van der Waals surface area contributed by atoms with E-state index in [1.54, 1.807) is 19.5 Å². The van der Waals surface area contributed by atoms with Gasteiger partial charge in [0, 0.05) is 12.7 Å². The molecule has 0 aliphatic rings. The summed E-state index contributed by atoms with van der Waals surface area (Å²) in [6.07, 6.45) is 3.29. The van der Waals surface area contributed by atoms with Crippen LogP contribution in [0.15, 0.2) is 30.6 Å². The predicted octanol–water partition coefficient (Wildman–Crippen LogP) is 2.31. The van der Waals surface area contributed by atoms with Gasteiger partial charge < -0.3 is 14.8 Å². The molecule has 2 rings (SSSR count). The van der Waals surface area contributed by atoms with Gasteiger partial charge in [0.15, 0.2) is 11.5 Å². The van der Waals surface area contributed by atoms with Gasteiger partial charge in [-0.15, -0.1) is 0 Å². The molecule has 19 heavy (non-hydrogen) atoms. The first-order chi connectivity index (χ1) is 9.22. The highest BCUT2D eigenvalue weighted by Crippen LogP contribution is 2.31. The molecule has 1 heterocycles. The molecule has 0 aliphatic heterocycles. The van der Waals surface area contributed by atoms with E-state index in [2.05, 4.69) is 15.3 Å². The molecule has 5 heteroatoms. The smallest absolute Gasteiger partial charge is 0.238 e. The molecular weight excluding hydrogens is 242 g/mol. The Balaban J connectivity index is 2.23. The van der Waals surface area contributed by atoms with Crippen molar-refractivity contribution in [2.24, 2.45) is 0 Å². The molecule has 0 radical (unpaired) electrons. The molecule has 0 fully saturated rings. The zero-order valence-electron chi connectivity index (χ0n) is 11.3. The second kappa shape index (κ2) is 6.15. The minimum Gasteiger partial charge on any atom is -0.493 e. The van der Waals surface area contributed by atoms with Gasteiger partial charge in [0.2, 0.25) is 5.88 Å². The number of rotatable bonds is 5. The van der Waals surface area contributed by atoms with Crippen LogP contribution in [0.25, 0.3) is 0 Å². The predicted molar refractivity (Wildman–Crippen MR) is 72.6 cm³/mol. The van der Waals surface area contributed by atoms with E-state index in [0.717, 1.165) is 11.3 Å². The van der Waals surface area contributed by atoms with Crippen molar-refractivity contribution in [2.75, 3.05) is 14.2 Å². The van der Waals surface area contributed by atoms with Crippen molar-refractivity contribution in [3.63, 3.8) is 0 Å². The number of benzene rings is 1. The molecule has 0 amide bonds. The topological polar surface area (TPSA) is 56.3 Å². The van der Waals surface area contributed by atoms with Gasteiger partial charge in [0.05, 0.1) is 19.0 Å². The van der Waals surface area contributed by atoms with Gasteiger partial charge in [-0.05, 0) is 31.7 Å². The molecule has 0 atom stereocenters. The molecular formula is C14H17N3O2. The van der Waals surface area contributed by atoms with Gasteiger partial charge in [0.25, 0.3) is 0 Å². The van der Waals surface area contributed by atoms with Crippen molar-refractivity contribution in [3.05, 3.63) is 41.9 Å². The van der Waals surface area contributed by atoms with E-state index in [9.17, 15) is 0 Å². The van der Waals surface area contributed by atoms with Crippen LogP contribution in [0.2, 0.25) is 0 Å². The van der Waals surface area contributed by atoms with Gasteiger partial charge in [-0.25, -0.2) is 4.98 Å². The van der Waals surface area contributed by atoms with E-state index in [1.165, 1.54) is 0 Å². The summed E-state index contributed by atoms with van der Waals surface area (Å²) >= 11 is 0. The van der Waals surface area contributed by atoms with E-state index in [0.29, 0.717) is 23.9 Å². The van der Waals surface area contributed by atoms with Crippen LogP contribution in [-0.2, 0) is 6.54 Å². The molecule has 2 aromatic rings. The van der Waals surface area contributed by atoms with Crippen LogP contribution in [0.3, 0.4) is 0 Å². The highest BCUT2D eigenvalue weighted by molar-refractivity contribution is 5.44. The maximum atomic E-state index is 5.72. The molecule has 0 aliphatic carbocycles. The van der Waals surface area contributed by atoms with E-state index in [-0.39, 0.29) is 0 Å². The first-order valence-corrected chi connectivity index (χ1v) is 6.01. The summed E-state index contributed by atoms with van der Waals surface area (Å²) in [5.41, 5.74) is 1.94. The van der Waals surface area contributed by atoms with Crippen LogP contribution in [0.4, 0.5) is 0 Å². The fourth-order valence-corrected chi connectivity index (χ4v) is 1.67. The third kappa shape index (κ3) is 3.42. The van der Waals surface area contributed by atoms with E-state index in [4.69, 9.17) is 9.47 Å². The Bertz CT molecular complexity index is 558. The van der Waals surface area contributed by atoms with Gasteiger partial charge in [0.1, 0.15) is 0 Å². The fraction of sp³-hybridized carbons (Fsp3) is 0.286. The van der Waals surface area contributed by atoms with Crippen LogP contribution in [0.5, 0.6) is 17.4 Å². The quantitative estimate of drug-likeness (QED) is 0.893. The average Bonchev–Trinajstić information content (AvgIpc) is 2.41. The van der Waals surface area contributed by atoms with Crippen molar-refractivity contribution in [2.45, 2.75) is 13.5 Å². The van der Waals surface area contributed by atoms with Crippen molar-refractivity contribution in [1.29, 1.82) is 0 Å². The fourth-order valence-electron chi connectivity index (χ4n) is 1.67. The second-order valence-electron chi connectivity index (χ2n) is 4.14. The number of methoxy groups -OCH3 is 1. The molecule has 1 aromatic heterocycles. The number of aryl methyl sites for hydroxylation is 1. The van der Waals surface area contributed by atoms with Crippen LogP contribution >= 0.6 is 0 Å². The lowest BCUT2D eigenvalue weighted by molar-refractivity contribution is 0.372. The minimum atomic E-state index is 0.454. The third-order valence-corrected chi connectivity index (χ3v) is 2.55. The van der Waals surface area contributed by atoms with E-state index in [1.807, 2.05) is 32.2 Å². The lowest BCUT2D eigenvalue weighted by atomic mass is 10.2. The van der Waals surface area contributed by atoms with Gasteiger partial charge in [-0.3, -0.25) is 4.98 Å². The molecule has 1 aromatic carbocycles. The lowest BCUT2D eigenvalue weighted by Crippen LogP contribution is -2.07. The van der Waals surface area contributed by atoms with E-state index >= 15 is 0 Å². The Labute approximate surface area is 112 Å². The molecule has 5 nitrogen and oxygen atoms in total. The van der Waals surface area contributed by atoms with E-state index < -0.39 is 0 Å². The maximum Gasteiger partial charge on any atom is 0.238 e. The summed E-state index contributed by atoms with van der Waals surface area (Å²) < 4.78 is 11.0. The SMILES string of the molecule is CNCc1cncc(Oc2ccc(C)cc2OC)n1. The molecule has 100 valence electrons. The van der Waals surface area contributed by atoms with Crippen LogP contribution in [-0.4, -0.2) is 24.1 Å². The molecule has 0 saturated heterocycles. The molecule has 0 bridgehead atoms. The summed E-state index contributed by atoms with van der Waals surface area (Å²) in [5.74, 6) is 1.76. The largest absolute Gasteiger partial charge is 0.493 e. The Kier molecular flexibility index (Phi) is 4.30. The molecule has 0 spiro atoms. The normalized spacial score (nSPS) is 10.3. The summed E-state index contributed by atoms with van der Waals surface area (Å²) in [7, 11) is 3.48. The highest BCUT2D eigenvalue weighted by atomic mass is 16.5. The number of nitrogens with one attached hydrogen (secondary N) is 1. The van der Waals surface area contributed by atoms with Crippen molar-refractivity contribution < 1.29 is 9.47 Å². The highest BCUT2D eigenvalue weighted by Gasteiger charge is 2.07. The van der Waals surface area contributed by atoms with Crippen LogP contribution in [0.1, 0.15) is 11.3 Å². The summed E-state index contributed by atoms with van der Waals surface area (Å²) in [6, 6.07) is 5.74. The van der Waals surface area contributed by atoms with Crippen LogP contribution in [0, 0.1) is 6.92 Å². The van der Waals surface area contributed by atoms with Crippen LogP contribution < -0.4 is 14.8 Å². The number of hydrogen-bond donors (Lipinski definition) is 1. The van der Waals surface area contributed by atoms with Gasteiger partial charge >= 0.3 is 0 Å². The molecule has 0 unspecified atom stereocenters. The van der Waals surface area contributed by atoms with Gasteiger partial charge in [-0.1, -0.05) is 6.07 Å². The van der Waals surface area contributed by atoms with Crippen molar-refractivity contribution >= 4 is 0 Å². The van der Waals surface area contributed by atoms with Crippen molar-refractivity contribution in [1.82, 2.24) is 15.3 Å². The Morgan fingerprint density at radius 2 is 2.05 bits per heavy atom. The summed E-state index contributed by atoms with van der Waals surface area (Å²) in [6.45, 7) is 2.65. The lowest BCUT2D eigenvalue weighted by Gasteiger charge is -2.10. The second-order valence-corrected chi connectivity index (χ2v) is 4.14. The van der Waals surface area contributed by atoms with Crippen molar-refractivity contribution in [3.8, 4) is 17.4 Å². The average molecular weight is 259 g/mol. The number of nitrogens with zero attached hydrogens (tertiary/aromatic N) is 2. The standard InChI is InChI=1S/C14H17N3O2/c1-10-4-5-12(13(6-10)18-3)19-14-9-16-8-11(17-14)7-15-2/h4-6,8-9,15H,7H2,1-3H3. The Hall–Kier alpha value is -2.14. The zero-order valence-corrected chi connectivity index (χ0v) is 11.3. The number of ether oxygens (including phenoxy) is 2.